The minimum Gasteiger partial charge on any atom is -0.364 e. The number of nitrogens with zero attached hydrogens (tertiary/aromatic N) is 1. The van der Waals surface area contributed by atoms with Crippen molar-refractivity contribution in [2.24, 2.45) is 5.73 Å². The Morgan fingerprint density at radius 2 is 2.36 bits per heavy atom. The van der Waals surface area contributed by atoms with Crippen LogP contribution in [0.5, 0.6) is 0 Å². The second-order valence-electron chi connectivity index (χ2n) is 1.67. The van der Waals surface area contributed by atoms with E-state index < -0.39 is 5.91 Å². The molecule has 0 fully saturated rings. The standard InChI is InChI=1S/C6H6N2OS2/c7-6(9)5-4-11-10-3-1-2-8-5/h1-4H,(H2,7,9). The molecular formula is C6H6N2OS2. The summed E-state index contributed by atoms with van der Waals surface area (Å²) in [6.07, 6.45) is 1.54. The van der Waals surface area contributed by atoms with E-state index in [-0.39, 0.29) is 0 Å². The Labute approximate surface area is 71.2 Å². The Hall–Kier alpha value is -0.940. The van der Waals surface area contributed by atoms with Crippen molar-refractivity contribution in [3.63, 3.8) is 0 Å². The molecule has 0 saturated carbocycles. The highest BCUT2D eigenvalue weighted by atomic mass is 32.9. The fourth-order valence-corrected chi connectivity index (χ4v) is 1.80. The molecule has 0 bridgehead atoms. The van der Waals surface area contributed by atoms with E-state index in [1.165, 1.54) is 20.7 Å². The molecule has 1 aromatic rings. The van der Waals surface area contributed by atoms with E-state index in [1.54, 1.807) is 17.6 Å². The van der Waals surface area contributed by atoms with Crippen LogP contribution in [0.3, 0.4) is 0 Å². The lowest BCUT2D eigenvalue weighted by Gasteiger charge is -1.86. The van der Waals surface area contributed by atoms with Gasteiger partial charge in [0.1, 0.15) is 5.69 Å². The zero-order chi connectivity index (χ0) is 8.10. The molecule has 58 valence electrons. The van der Waals surface area contributed by atoms with Crippen molar-refractivity contribution >= 4 is 26.6 Å². The number of rotatable bonds is 1. The summed E-state index contributed by atoms with van der Waals surface area (Å²) in [6, 6.07) is 1.76. The number of carbonyl (C=O) groups is 1. The van der Waals surface area contributed by atoms with Gasteiger partial charge < -0.3 is 5.73 Å². The van der Waals surface area contributed by atoms with Crippen LogP contribution in [0, 0.1) is 0 Å². The third kappa shape index (κ3) is 2.65. The van der Waals surface area contributed by atoms with Crippen LogP contribution in [0.15, 0.2) is 23.0 Å². The van der Waals surface area contributed by atoms with Crippen LogP contribution in [0.2, 0.25) is 0 Å². The summed E-state index contributed by atoms with van der Waals surface area (Å²) >= 11 is 0. The van der Waals surface area contributed by atoms with Crippen molar-refractivity contribution in [3.8, 4) is 0 Å². The Balaban J connectivity index is 3.12. The molecule has 1 aromatic heterocycles. The first-order valence-corrected chi connectivity index (χ1v) is 5.09. The summed E-state index contributed by atoms with van der Waals surface area (Å²) in [5.74, 6) is -0.496. The Morgan fingerprint density at radius 1 is 1.55 bits per heavy atom. The van der Waals surface area contributed by atoms with Gasteiger partial charge >= 0.3 is 0 Å². The van der Waals surface area contributed by atoms with Crippen molar-refractivity contribution in [1.82, 2.24) is 4.98 Å². The number of hydrogen-bond acceptors (Lipinski definition) is 4. The van der Waals surface area contributed by atoms with Crippen molar-refractivity contribution < 1.29 is 4.79 Å². The number of hydrogen-bond donors (Lipinski definition) is 1. The zero-order valence-corrected chi connectivity index (χ0v) is 7.19. The average molecular weight is 186 g/mol. The molecule has 0 saturated heterocycles. The summed E-state index contributed by atoms with van der Waals surface area (Å²) < 4.78 is 0. The molecule has 0 aliphatic rings. The third-order valence-corrected chi connectivity index (χ3v) is 2.56. The van der Waals surface area contributed by atoms with Gasteiger partial charge in [-0.3, -0.25) is 9.78 Å². The molecule has 0 radical (unpaired) electrons. The van der Waals surface area contributed by atoms with Gasteiger partial charge in [0.05, 0.1) is 0 Å². The SMILES string of the molecule is NC(=O)c1csscccn1. The number of carbonyl (C=O) groups excluding carboxylic acids is 1. The average Bonchev–Trinajstić information content (AvgIpc) is 1.84. The predicted octanol–water partition coefficient (Wildman–Crippen LogP) is 1.43. The summed E-state index contributed by atoms with van der Waals surface area (Å²) in [6.45, 7) is 0. The van der Waals surface area contributed by atoms with Crippen molar-refractivity contribution in [1.29, 1.82) is 0 Å². The van der Waals surface area contributed by atoms with Gasteiger partial charge in [-0.1, -0.05) is 20.7 Å². The Bertz CT molecular complexity index is 271. The molecule has 1 rings (SSSR count). The molecule has 0 unspecified atom stereocenters. The highest BCUT2D eigenvalue weighted by molar-refractivity contribution is 7.67. The summed E-state index contributed by atoms with van der Waals surface area (Å²) in [7, 11) is 2.93. The first kappa shape index (κ1) is 8.16. The first-order chi connectivity index (χ1) is 5.30. The Kier molecular flexibility index (Phi) is 3.00. The van der Waals surface area contributed by atoms with Crippen LogP contribution >= 0.6 is 20.7 Å². The normalized spacial score (nSPS) is 8.73. The maximum absolute atomic E-state index is 10.6. The van der Waals surface area contributed by atoms with Gasteiger partial charge in [-0.15, -0.1) is 0 Å². The van der Waals surface area contributed by atoms with Gasteiger partial charge in [0.25, 0.3) is 5.91 Å². The monoisotopic (exact) mass is 186 g/mol. The minimum atomic E-state index is -0.496. The first-order valence-electron chi connectivity index (χ1n) is 2.82. The fraction of sp³-hybridized carbons (Fsp3) is 0. The second-order valence-corrected chi connectivity index (χ2v) is 3.71. The van der Waals surface area contributed by atoms with E-state index in [2.05, 4.69) is 4.98 Å². The van der Waals surface area contributed by atoms with Crippen molar-refractivity contribution in [3.05, 3.63) is 28.7 Å². The lowest BCUT2D eigenvalue weighted by atomic mass is 10.5. The van der Waals surface area contributed by atoms with Crippen LogP contribution in [-0.4, -0.2) is 10.9 Å². The molecule has 0 atom stereocenters. The predicted molar refractivity (Wildman–Crippen MR) is 46.1 cm³/mol. The topological polar surface area (TPSA) is 56.0 Å². The van der Waals surface area contributed by atoms with Gasteiger partial charge in [-0.25, -0.2) is 0 Å². The smallest absolute Gasteiger partial charge is 0.268 e. The number of primary amides is 1. The van der Waals surface area contributed by atoms with Crippen LogP contribution in [0.1, 0.15) is 10.5 Å². The number of aromatic nitrogens is 1. The van der Waals surface area contributed by atoms with E-state index in [4.69, 9.17) is 5.73 Å². The number of amides is 1. The summed E-state index contributed by atoms with van der Waals surface area (Å²) in [4.78, 5) is 14.4. The van der Waals surface area contributed by atoms with Gasteiger partial charge in [0.15, 0.2) is 0 Å². The van der Waals surface area contributed by atoms with Gasteiger partial charge in [0, 0.05) is 17.0 Å². The minimum absolute atomic E-state index is 0.298. The largest absolute Gasteiger partial charge is 0.364 e. The van der Waals surface area contributed by atoms with Crippen molar-refractivity contribution in [2.75, 3.05) is 0 Å². The molecule has 11 heavy (non-hydrogen) atoms. The molecule has 2 N–H and O–H groups in total. The molecule has 0 aromatic carbocycles. The maximum atomic E-state index is 10.6. The highest BCUT2D eigenvalue weighted by Gasteiger charge is 1.95. The lowest BCUT2D eigenvalue weighted by Crippen LogP contribution is -2.11. The highest BCUT2D eigenvalue weighted by Crippen LogP contribution is 2.02. The molecule has 0 aliphatic carbocycles. The van der Waals surface area contributed by atoms with Crippen LogP contribution in [0.4, 0.5) is 0 Å². The quantitative estimate of drug-likeness (QED) is 0.674. The lowest BCUT2D eigenvalue weighted by molar-refractivity contribution is 0.0996. The summed E-state index contributed by atoms with van der Waals surface area (Å²) in [5.41, 5.74) is 5.32. The molecule has 1 amide bonds. The third-order valence-electron chi connectivity index (χ3n) is 0.902. The van der Waals surface area contributed by atoms with Crippen LogP contribution in [0.25, 0.3) is 0 Å². The number of nitrogens with two attached hydrogens (primary N) is 1. The molecule has 0 aliphatic heterocycles. The van der Waals surface area contributed by atoms with E-state index in [9.17, 15) is 4.79 Å². The molecular weight excluding hydrogens is 180 g/mol. The second kappa shape index (κ2) is 4.05. The molecule has 0 spiro atoms. The molecule has 3 nitrogen and oxygen atoms in total. The van der Waals surface area contributed by atoms with Gasteiger partial charge in [-0.05, 0) is 6.07 Å². The zero-order valence-electron chi connectivity index (χ0n) is 5.56. The van der Waals surface area contributed by atoms with Crippen molar-refractivity contribution in [2.45, 2.75) is 0 Å². The summed E-state index contributed by atoms with van der Waals surface area (Å²) in [5, 5.41) is 3.51. The molecule has 5 heteroatoms. The van der Waals surface area contributed by atoms with E-state index in [1.807, 2.05) is 5.38 Å². The van der Waals surface area contributed by atoms with Crippen LogP contribution < -0.4 is 5.73 Å². The van der Waals surface area contributed by atoms with Gasteiger partial charge in [-0.2, -0.15) is 0 Å². The van der Waals surface area contributed by atoms with E-state index in [0.29, 0.717) is 5.69 Å². The maximum Gasteiger partial charge on any atom is 0.268 e. The molecule has 1 heterocycles. The van der Waals surface area contributed by atoms with E-state index >= 15 is 0 Å². The fourth-order valence-electron chi connectivity index (χ4n) is 0.448. The Morgan fingerprint density at radius 3 is 3.09 bits per heavy atom. The van der Waals surface area contributed by atoms with Gasteiger partial charge in [0.2, 0.25) is 0 Å². The van der Waals surface area contributed by atoms with Crippen LogP contribution in [-0.2, 0) is 0 Å². The van der Waals surface area contributed by atoms with E-state index in [0.717, 1.165) is 0 Å².